The number of anilines is 1. The van der Waals surface area contributed by atoms with Gasteiger partial charge >= 0.3 is 0 Å². The van der Waals surface area contributed by atoms with E-state index in [0.29, 0.717) is 11.4 Å². The van der Waals surface area contributed by atoms with Gasteiger partial charge in [-0.15, -0.1) is 0 Å². The lowest BCUT2D eigenvalue weighted by Crippen LogP contribution is -2.10. The van der Waals surface area contributed by atoms with E-state index in [1.165, 1.54) is 0 Å². The second kappa shape index (κ2) is 5.58. The molecule has 0 saturated carbocycles. The van der Waals surface area contributed by atoms with Crippen LogP contribution in [0.15, 0.2) is 59.4 Å². The summed E-state index contributed by atoms with van der Waals surface area (Å²) in [6.45, 7) is 2.01. The monoisotopic (exact) mass is 279 g/mol. The SMILES string of the molecule is Cc1ccc(-c2cc(C(=O)Nc3ccncc3)on2)cc1. The Kier molecular flexibility index (Phi) is 3.47. The molecule has 0 fully saturated rings. The molecule has 0 radical (unpaired) electrons. The maximum Gasteiger partial charge on any atom is 0.294 e. The molecule has 0 spiro atoms. The molecule has 0 aliphatic carbocycles. The van der Waals surface area contributed by atoms with Gasteiger partial charge in [0.1, 0.15) is 5.69 Å². The van der Waals surface area contributed by atoms with Gasteiger partial charge in [0, 0.05) is 29.7 Å². The van der Waals surface area contributed by atoms with E-state index >= 15 is 0 Å². The highest BCUT2D eigenvalue weighted by Gasteiger charge is 2.14. The summed E-state index contributed by atoms with van der Waals surface area (Å²) >= 11 is 0. The van der Waals surface area contributed by atoms with Crippen LogP contribution >= 0.6 is 0 Å². The first kappa shape index (κ1) is 13.1. The average Bonchev–Trinajstić information content (AvgIpc) is 2.99. The van der Waals surface area contributed by atoms with Crippen LogP contribution in [0.2, 0.25) is 0 Å². The van der Waals surface area contributed by atoms with Crippen molar-refractivity contribution in [2.45, 2.75) is 6.92 Å². The van der Waals surface area contributed by atoms with Gasteiger partial charge in [-0.25, -0.2) is 0 Å². The first-order chi connectivity index (χ1) is 10.2. The fourth-order valence-corrected chi connectivity index (χ4v) is 1.87. The maximum atomic E-state index is 12.0. The van der Waals surface area contributed by atoms with Crippen molar-refractivity contribution in [3.05, 3.63) is 66.2 Å². The molecule has 2 aromatic heterocycles. The van der Waals surface area contributed by atoms with Crippen molar-refractivity contribution in [3.63, 3.8) is 0 Å². The third kappa shape index (κ3) is 2.97. The van der Waals surface area contributed by atoms with E-state index in [1.54, 1.807) is 30.6 Å². The molecule has 104 valence electrons. The van der Waals surface area contributed by atoms with Crippen LogP contribution in [0.3, 0.4) is 0 Å². The first-order valence-corrected chi connectivity index (χ1v) is 6.47. The molecule has 2 heterocycles. The van der Waals surface area contributed by atoms with E-state index in [-0.39, 0.29) is 11.7 Å². The second-order valence-electron chi connectivity index (χ2n) is 4.63. The zero-order valence-corrected chi connectivity index (χ0v) is 11.4. The molecule has 0 unspecified atom stereocenters. The van der Waals surface area contributed by atoms with Crippen LogP contribution in [0.1, 0.15) is 16.1 Å². The highest BCUT2D eigenvalue weighted by molar-refractivity contribution is 6.02. The molecule has 1 amide bonds. The Balaban J connectivity index is 1.78. The highest BCUT2D eigenvalue weighted by Crippen LogP contribution is 2.20. The van der Waals surface area contributed by atoms with Gasteiger partial charge in [-0.1, -0.05) is 35.0 Å². The summed E-state index contributed by atoms with van der Waals surface area (Å²) in [6.07, 6.45) is 3.21. The normalized spacial score (nSPS) is 10.3. The van der Waals surface area contributed by atoms with Gasteiger partial charge in [0.05, 0.1) is 0 Å². The molecule has 3 rings (SSSR count). The number of aromatic nitrogens is 2. The lowest BCUT2D eigenvalue weighted by atomic mass is 10.1. The fourth-order valence-electron chi connectivity index (χ4n) is 1.87. The van der Waals surface area contributed by atoms with Crippen molar-refractivity contribution in [2.24, 2.45) is 0 Å². The standard InChI is InChI=1S/C16H13N3O2/c1-11-2-4-12(5-3-11)14-10-15(21-19-14)16(20)18-13-6-8-17-9-7-13/h2-10H,1H3,(H,17,18,20). The van der Waals surface area contributed by atoms with E-state index in [1.807, 2.05) is 31.2 Å². The van der Waals surface area contributed by atoms with Crippen LogP contribution < -0.4 is 5.32 Å². The van der Waals surface area contributed by atoms with E-state index in [4.69, 9.17) is 4.52 Å². The quantitative estimate of drug-likeness (QED) is 0.798. The molecule has 0 atom stereocenters. The lowest BCUT2D eigenvalue weighted by molar-refractivity contribution is 0.0988. The summed E-state index contributed by atoms with van der Waals surface area (Å²) in [5.41, 5.74) is 3.36. The predicted octanol–water partition coefficient (Wildman–Crippen LogP) is 3.30. The van der Waals surface area contributed by atoms with Crippen LogP contribution in [0, 0.1) is 6.92 Å². The number of carbonyl (C=O) groups is 1. The van der Waals surface area contributed by atoms with Crippen molar-refractivity contribution in [3.8, 4) is 11.3 Å². The molecule has 21 heavy (non-hydrogen) atoms. The molecule has 5 nitrogen and oxygen atoms in total. The Bertz CT molecular complexity index is 749. The van der Waals surface area contributed by atoms with E-state index in [2.05, 4.69) is 15.5 Å². The van der Waals surface area contributed by atoms with Crippen molar-refractivity contribution in [1.29, 1.82) is 0 Å². The Morgan fingerprint density at radius 3 is 2.52 bits per heavy atom. The molecule has 5 heteroatoms. The van der Waals surface area contributed by atoms with E-state index in [9.17, 15) is 4.79 Å². The van der Waals surface area contributed by atoms with Crippen LogP contribution in [-0.4, -0.2) is 16.0 Å². The fraction of sp³-hybridized carbons (Fsp3) is 0.0625. The Morgan fingerprint density at radius 1 is 1.10 bits per heavy atom. The smallest absolute Gasteiger partial charge is 0.294 e. The Labute approximate surface area is 121 Å². The van der Waals surface area contributed by atoms with Gasteiger partial charge in [-0.3, -0.25) is 9.78 Å². The number of nitrogens with zero attached hydrogens (tertiary/aromatic N) is 2. The minimum absolute atomic E-state index is 0.169. The number of pyridine rings is 1. The molecule has 3 aromatic rings. The topological polar surface area (TPSA) is 68.0 Å². The number of carbonyl (C=O) groups excluding carboxylic acids is 1. The summed E-state index contributed by atoms with van der Waals surface area (Å²) < 4.78 is 5.11. The van der Waals surface area contributed by atoms with Gasteiger partial charge in [0.2, 0.25) is 5.76 Å². The number of amides is 1. The highest BCUT2D eigenvalue weighted by atomic mass is 16.5. The average molecular weight is 279 g/mol. The summed E-state index contributed by atoms with van der Waals surface area (Å²) in [4.78, 5) is 15.9. The van der Waals surface area contributed by atoms with Crippen molar-refractivity contribution in [1.82, 2.24) is 10.1 Å². The minimum Gasteiger partial charge on any atom is -0.350 e. The Morgan fingerprint density at radius 2 is 1.81 bits per heavy atom. The van der Waals surface area contributed by atoms with Gasteiger partial charge in [0.15, 0.2) is 0 Å². The maximum absolute atomic E-state index is 12.0. The number of benzene rings is 1. The largest absolute Gasteiger partial charge is 0.350 e. The molecule has 1 aromatic carbocycles. The summed E-state index contributed by atoms with van der Waals surface area (Å²) in [7, 11) is 0. The van der Waals surface area contributed by atoms with Crippen molar-refractivity contribution >= 4 is 11.6 Å². The number of hydrogen-bond donors (Lipinski definition) is 1. The third-order valence-electron chi connectivity index (χ3n) is 3.02. The molecule has 0 bridgehead atoms. The molecule has 0 aliphatic heterocycles. The zero-order chi connectivity index (χ0) is 14.7. The van der Waals surface area contributed by atoms with Gasteiger partial charge in [-0.05, 0) is 19.1 Å². The minimum atomic E-state index is -0.341. The molecule has 0 aliphatic rings. The molecule has 1 N–H and O–H groups in total. The van der Waals surface area contributed by atoms with Crippen molar-refractivity contribution in [2.75, 3.05) is 5.32 Å². The zero-order valence-electron chi connectivity index (χ0n) is 11.4. The van der Waals surface area contributed by atoms with Gasteiger partial charge < -0.3 is 9.84 Å². The Hall–Kier alpha value is -2.95. The lowest BCUT2D eigenvalue weighted by Gasteiger charge is -2.00. The second-order valence-corrected chi connectivity index (χ2v) is 4.63. The first-order valence-electron chi connectivity index (χ1n) is 6.47. The summed E-state index contributed by atoms with van der Waals surface area (Å²) in [5.74, 6) is -0.172. The summed E-state index contributed by atoms with van der Waals surface area (Å²) in [6, 6.07) is 12.9. The predicted molar refractivity (Wildman–Crippen MR) is 78.9 cm³/mol. The molecule has 0 saturated heterocycles. The van der Waals surface area contributed by atoms with Gasteiger partial charge in [0.25, 0.3) is 5.91 Å². The number of hydrogen-bond acceptors (Lipinski definition) is 4. The number of rotatable bonds is 3. The van der Waals surface area contributed by atoms with Crippen LogP contribution in [0.5, 0.6) is 0 Å². The number of nitrogens with one attached hydrogen (secondary N) is 1. The summed E-state index contributed by atoms with van der Waals surface area (Å²) in [5, 5.41) is 6.65. The molecular weight excluding hydrogens is 266 g/mol. The van der Waals surface area contributed by atoms with Crippen LogP contribution in [-0.2, 0) is 0 Å². The van der Waals surface area contributed by atoms with Crippen LogP contribution in [0.4, 0.5) is 5.69 Å². The van der Waals surface area contributed by atoms with Crippen LogP contribution in [0.25, 0.3) is 11.3 Å². The third-order valence-corrected chi connectivity index (χ3v) is 3.02. The van der Waals surface area contributed by atoms with E-state index < -0.39 is 0 Å². The van der Waals surface area contributed by atoms with E-state index in [0.717, 1.165) is 11.1 Å². The number of aryl methyl sites for hydroxylation is 1. The molecular formula is C16H13N3O2. The van der Waals surface area contributed by atoms with Gasteiger partial charge in [-0.2, -0.15) is 0 Å². The van der Waals surface area contributed by atoms with Crippen molar-refractivity contribution < 1.29 is 9.32 Å².